The van der Waals surface area contributed by atoms with Crippen LogP contribution in [0.5, 0.6) is 0 Å². The van der Waals surface area contributed by atoms with Crippen LogP contribution >= 0.6 is 11.6 Å². The lowest BCUT2D eigenvalue weighted by Crippen LogP contribution is -2.43. The number of nitrogens with zero attached hydrogens (tertiary/aromatic N) is 6. The number of hydrogen-bond donors (Lipinski definition) is 0. The fourth-order valence-electron chi connectivity index (χ4n) is 2.90. The van der Waals surface area contributed by atoms with Crippen LogP contribution in [0.2, 0.25) is 5.02 Å². The van der Waals surface area contributed by atoms with Crippen molar-refractivity contribution >= 4 is 23.3 Å². The molecule has 0 aliphatic carbocycles. The van der Waals surface area contributed by atoms with Crippen LogP contribution in [0.4, 0.5) is 19.0 Å². The van der Waals surface area contributed by atoms with E-state index in [2.05, 4.69) is 10.2 Å². The number of terminal acetylenes is 1. The van der Waals surface area contributed by atoms with Crippen LogP contribution in [0.3, 0.4) is 0 Å². The summed E-state index contributed by atoms with van der Waals surface area (Å²) in [5.41, 5.74) is 0.466. The van der Waals surface area contributed by atoms with Gasteiger partial charge < -0.3 is 0 Å². The number of nitriles is 1. The van der Waals surface area contributed by atoms with Gasteiger partial charge >= 0.3 is 12.1 Å². The molecular weight excluding hydrogens is 385 g/mol. The van der Waals surface area contributed by atoms with Crippen LogP contribution < -0.4 is 4.90 Å². The molecule has 1 amide bonds. The van der Waals surface area contributed by atoms with Gasteiger partial charge in [0.25, 0.3) is 0 Å². The lowest BCUT2D eigenvalue weighted by molar-refractivity contribution is -0.170. The number of halogens is 4. The molecule has 0 aromatic carbocycles. The molecule has 2 aromatic rings. The van der Waals surface area contributed by atoms with Crippen LogP contribution in [-0.2, 0) is 17.8 Å². The summed E-state index contributed by atoms with van der Waals surface area (Å²) >= 11 is 6.36. The van der Waals surface area contributed by atoms with Gasteiger partial charge in [0.1, 0.15) is 16.7 Å². The lowest BCUT2D eigenvalue weighted by Gasteiger charge is -2.22. The highest BCUT2D eigenvalue weighted by molar-refractivity contribution is 6.33. The van der Waals surface area contributed by atoms with E-state index in [1.54, 1.807) is 10.8 Å². The van der Waals surface area contributed by atoms with E-state index >= 15 is 0 Å². The van der Waals surface area contributed by atoms with Gasteiger partial charge in [0.2, 0.25) is 0 Å². The van der Waals surface area contributed by atoms with Gasteiger partial charge in [0.15, 0.2) is 11.6 Å². The Hall–Kier alpha value is -2.98. The monoisotopic (exact) mass is 396 g/mol. The minimum absolute atomic E-state index is 0.0436. The molecule has 140 valence electrons. The molecule has 0 unspecified atom stereocenters. The number of hydrogen-bond acceptors (Lipinski definition) is 4. The first-order valence-electron chi connectivity index (χ1n) is 7.85. The first-order chi connectivity index (χ1) is 12.8. The predicted molar refractivity (Wildman–Crippen MR) is 89.3 cm³/mol. The van der Waals surface area contributed by atoms with Gasteiger partial charge in [-0.25, -0.2) is 0 Å². The summed E-state index contributed by atoms with van der Waals surface area (Å²) in [6.07, 6.45) is 3.43. The third kappa shape index (κ3) is 3.24. The Bertz CT molecular complexity index is 978. The Morgan fingerprint density at radius 1 is 1.44 bits per heavy atom. The molecule has 3 heterocycles. The lowest BCUT2D eigenvalue weighted by atomic mass is 10.1. The quantitative estimate of drug-likeness (QED) is 0.746. The predicted octanol–water partition coefficient (Wildman–Crippen LogP) is 2.46. The topological polar surface area (TPSA) is 79.7 Å². The number of anilines is 1. The molecule has 0 atom stereocenters. The minimum Gasteiger partial charge on any atom is -0.276 e. The number of carbonyl (C=O) groups excluding carboxylic acids is 1. The molecular formula is C16H12ClF3N6O. The van der Waals surface area contributed by atoms with Gasteiger partial charge in [-0.1, -0.05) is 17.5 Å². The Morgan fingerprint density at radius 3 is 2.78 bits per heavy atom. The van der Waals surface area contributed by atoms with Gasteiger partial charge in [0.05, 0.1) is 18.4 Å². The maximum Gasteiger partial charge on any atom is 0.471 e. The molecule has 1 aliphatic rings. The largest absolute Gasteiger partial charge is 0.471 e. The summed E-state index contributed by atoms with van der Waals surface area (Å²) in [6.45, 7) is -0.101. The van der Waals surface area contributed by atoms with Crippen molar-refractivity contribution in [2.24, 2.45) is 0 Å². The summed E-state index contributed by atoms with van der Waals surface area (Å²) in [5.74, 6) is -0.588. The van der Waals surface area contributed by atoms with E-state index in [0.29, 0.717) is 13.0 Å². The van der Waals surface area contributed by atoms with Crippen molar-refractivity contribution in [3.8, 4) is 24.2 Å². The summed E-state index contributed by atoms with van der Waals surface area (Å²) in [4.78, 5) is 12.2. The van der Waals surface area contributed by atoms with Crippen LogP contribution in [0, 0.1) is 23.7 Å². The van der Waals surface area contributed by atoms with Crippen molar-refractivity contribution < 1.29 is 18.0 Å². The highest BCUT2D eigenvalue weighted by Gasteiger charge is 2.44. The zero-order chi connectivity index (χ0) is 19.8. The Morgan fingerprint density at radius 2 is 2.19 bits per heavy atom. The van der Waals surface area contributed by atoms with E-state index in [4.69, 9.17) is 18.0 Å². The molecule has 2 aromatic heterocycles. The van der Waals surface area contributed by atoms with Crippen LogP contribution in [0.15, 0.2) is 6.20 Å². The summed E-state index contributed by atoms with van der Waals surface area (Å²) in [6, 6.07) is 1.72. The first kappa shape index (κ1) is 18.8. The molecule has 27 heavy (non-hydrogen) atoms. The fourth-order valence-corrected chi connectivity index (χ4v) is 3.21. The number of carbonyl (C=O) groups is 1. The van der Waals surface area contributed by atoms with Crippen molar-refractivity contribution in [1.29, 1.82) is 5.26 Å². The van der Waals surface area contributed by atoms with Crippen molar-refractivity contribution in [1.82, 2.24) is 19.6 Å². The molecule has 0 radical (unpaired) electrons. The van der Waals surface area contributed by atoms with E-state index < -0.39 is 24.4 Å². The second kappa shape index (κ2) is 6.97. The second-order valence-corrected chi connectivity index (χ2v) is 6.14. The van der Waals surface area contributed by atoms with E-state index in [-0.39, 0.29) is 21.3 Å². The number of aromatic nitrogens is 4. The zero-order valence-corrected chi connectivity index (χ0v) is 14.5. The van der Waals surface area contributed by atoms with E-state index in [0.717, 1.165) is 29.4 Å². The van der Waals surface area contributed by atoms with Crippen molar-refractivity contribution in [2.45, 2.75) is 32.0 Å². The van der Waals surface area contributed by atoms with Gasteiger partial charge in [-0.15, -0.1) is 6.42 Å². The van der Waals surface area contributed by atoms with Crippen LogP contribution in [0.25, 0.3) is 5.82 Å². The number of alkyl halides is 3. The fraction of sp³-hybridized carbons (Fsp3) is 0.375. The SMILES string of the molecule is C#CCN(C(=O)C(F)(F)F)c1c(C#N)cnn1-c1nn2c(c1Cl)CCCC2. The summed E-state index contributed by atoms with van der Waals surface area (Å²) in [5, 5.41) is 17.7. The summed E-state index contributed by atoms with van der Waals surface area (Å²) in [7, 11) is 0. The number of amides is 1. The third-order valence-electron chi connectivity index (χ3n) is 4.07. The number of fused-ring (bicyclic) bond motifs is 1. The van der Waals surface area contributed by atoms with Crippen LogP contribution in [-0.4, -0.2) is 38.2 Å². The number of rotatable bonds is 3. The van der Waals surface area contributed by atoms with Gasteiger partial charge in [-0.05, 0) is 19.3 Å². The molecule has 0 saturated carbocycles. The van der Waals surface area contributed by atoms with Crippen molar-refractivity contribution in [3.63, 3.8) is 0 Å². The Kier molecular flexibility index (Phi) is 4.85. The third-order valence-corrected chi connectivity index (χ3v) is 4.45. The molecule has 0 fully saturated rings. The Labute approximate surface area is 156 Å². The highest BCUT2D eigenvalue weighted by Crippen LogP contribution is 2.33. The molecule has 1 aliphatic heterocycles. The normalized spacial score (nSPS) is 13.6. The molecule has 0 bridgehead atoms. The second-order valence-electron chi connectivity index (χ2n) is 5.76. The molecule has 0 saturated heterocycles. The standard InChI is InChI=1S/C16H12ClF3N6O/c1-2-6-24(15(27)16(18,19)20)14-10(8-21)9-22-26(14)13-12(17)11-5-3-4-7-25(11)23-13/h1,9H,3-7H2. The van der Waals surface area contributed by atoms with Crippen molar-refractivity contribution in [3.05, 3.63) is 22.5 Å². The molecule has 0 N–H and O–H groups in total. The molecule has 7 nitrogen and oxygen atoms in total. The van der Waals surface area contributed by atoms with Gasteiger partial charge in [-0.2, -0.15) is 33.3 Å². The highest BCUT2D eigenvalue weighted by atomic mass is 35.5. The Balaban J connectivity index is 2.19. The molecule has 11 heteroatoms. The molecule has 3 rings (SSSR count). The van der Waals surface area contributed by atoms with Crippen LogP contribution in [0.1, 0.15) is 24.1 Å². The van der Waals surface area contributed by atoms with E-state index in [9.17, 15) is 23.2 Å². The zero-order valence-electron chi connectivity index (χ0n) is 13.8. The first-order valence-corrected chi connectivity index (χ1v) is 8.23. The van der Waals surface area contributed by atoms with E-state index in [1.165, 1.54) is 0 Å². The minimum atomic E-state index is -5.18. The average molecular weight is 397 g/mol. The van der Waals surface area contributed by atoms with Crippen molar-refractivity contribution in [2.75, 3.05) is 11.4 Å². The summed E-state index contributed by atoms with van der Waals surface area (Å²) < 4.78 is 41.7. The number of aryl methyl sites for hydroxylation is 1. The molecule has 0 spiro atoms. The smallest absolute Gasteiger partial charge is 0.276 e. The maximum atomic E-state index is 13.0. The van der Waals surface area contributed by atoms with Gasteiger partial charge in [-0.3, -0.25) is 14.4 Å². The van der Waals surface area contributed by atoms with Gasteiger partial charge in [0, 0.05) is 6.54 Å². The average Bonchev–Trinajstić information content (AvgIpc) is 3.19. The maximum absolute atomic E-state index is 13.0. The van der Waals surface area contributed by atoms with E-state index in [1.807, 2.05) is 5.92 Å².